The summed E-state index contributed by atoms with van der Waals surface area (Å²) in [5.41, 5.74) is 5.64. The number of rotatable bonds is 6. The number of hydrogen-bond acceptors (Lipinski definition) is 8. The number of aromatic amines is 1. The molecule has 3 atom stereocenters. The molecule has 1 aliphatic rings. The molecule has 2 aromatic carbocycles. The third kappa shape index (κ3) is 4.79. The van der Waals surface area contributed by atoms with Crippen LogP contribution in [-0.2, 0) is 4.74 Å². The molecule has 3 N–H and O–H groups in total. The summed E-state index contributed by atoms with van der Waals surface area (Å²) in [6.45, 7) is 0.00920. The lowest BCUT2D eigenvalue weighted by atomic mass is 10.0. The highest BCUT2D eigenvalue weighted by atomic mass is 35.5. The van der Waals surface area contributed by atoms with Crippen LogP contribution < -0.4 is 4.74 Å². The van der Waals surface area contributed by atoms with E-state index >= 15 is 0 Å². The Bertz CT molecular complexity index is 1510. The summed E-state index contributed by atoms with van der Waals surface area (Å²) >= 11 is 6.57. The first-order valence-electron chi connectivity index (χ1n) is 11.8. The Morgan fingerprint density at radius 3 is 2.46 bits per heavy atom. The number of nitrogens with zero attached hydrogens (tertiary/aromatic N) is 5. The van der Waals surface area contributed by atoms with Gasteiger partial charge < -0.3 is 24.7 Å². The van der Waals surface area contributed by atoms with E-state index in [0.29, 0.717) is 28.3 Å². The van der Waals surface area contributed by atoms with Gasteiger partial charge in [-0.3, -0.25) is 0 Å². The highest BCUT2D eigenvalue weighted by molar-refractivity contribution is 6.33. The molecule has 0 saturated carbocycles. The number of nitrogens with one attached hydrogen (secondary N) is 1. The van der Waals surface area contributed by atoms with Crippen LogP contribution in [0.4, 0.5) is 0 Å². The lowest BCUT2D eigenvalue weighted by Gasteiger charge is -2.31. The van der Waals surface area contributed by atoms with Crippen LogP contribution in [0.25, 0.3) is 39.2 Å². The molecule has 0 amide bonds. The Morgan fingerprint density at radius 1 is 1.05 bits per heavy atom. The monoisotopic (exact) mass is 518 g/mol. The van der Waals surface area contributed by atoms with Crippen molar-refractivity contribution in [3.63, 3.8) is 0 Å². The zero-order chi connectivity index (χ0) is 25.4. The Morgan fingerprint density at radius 2 is 1.78 bits per heavy atom. The Hall–Kier alpha value is -3.83. The summed E-state index contributed by atoms with van der Waals surface area (Å²) < 4.78 is 13.0. The molecule has 37 heavy (non-hydrogen) atoms. The van der Waals surface area contributed by atoms with Gasteiger partial charge in [-0.2, -0.15) is 4.98 Å². The molecule has 1 fully saturated rings. The van der Waals surface area contributed by atoms with Crippen LogP contribution in [0.15, 0.2) is 67.0 Å². The lowest BCUT2D eigenvalue weighted by Crippen LogP contribution is -2.45. The molecule has 0 aliphatic carbocycles. The standard InChI is InChI=1S/C26H23ClN6O4/c27-20-12-21-25(31-26(29-21)37-19-11-22(35)23(13-34)36-14-19)30-24(20)17-3-1-15(2-4-17)16-5-7-18(8-6-16)33-10-9-28-32-33/h1-10,12,19,22-23,34-35H,11,13-14H2,(H,29,30,31). The van der Waals surface area contributed by atoms with E-state index in [1.807, 2.05) is 48.5 Å². The van der Waals surface area contributed by atoms with Gasteiger partial charge in [0, 0.05) is 12.0 Å². The van der Waals surface area contributed by atoms with Crippen molar-refractivity contribution in [1.82, 2.24) is 29.9 Å². The van der Waals surface area contributed by atoms with Crippen molar-refractivity contribution < 1.29 is 19.7 Å². The Balaban J connectivity index is 1.20. The van der Waals surface area contributed by atoms with Crippen molar-refractivity contribution in [2.24, 2.45) is 0 Å². The van der Waals surface area contributed by atoms with Crippen LogP contribution in [0.2, 0.25) is 5.02 Å². The van der Waals surface area contributed by atoms with Crippen LogP contribution in [0.5, 0.6) is 6.01 Å². The molecular formula is C26H23ClN6O4. The van der Waals surface area contributed by atoms with Crippen molar-refractivity contribution in [3.05, 3.63) is 72.0 Å². The van der Waals surface area contributed by atoms with Gasteiger partial charge in [-0.25, -0.2) is 9.67 Å². The first-order chi connectivity index (χ1) is 18.1. The molecule has 3 unspecified atom stereocenters. The summed E-state index contributed by atoms with van der Waals surface area (Å²) in [6.07, 6.45) is 1.98. The molecule has 5 aromatic rings. The summed E-state index contributed by atoms with van der Waals surface area (Å²) in [5.74, 6) is 0. The van der Waals surface area contributed by atoms with Gasteiger partial charge in [-0.1, -0.05) is 53.2 Å². The van der Waals surface area contributed by atoms with Crippen molar-refractivity contribution in [2.75, 3.05) is 13.2 Å². The smallest absolute Gasteiger partial charge is 0.296 e. The van der Waals surface area contributed by atoms with Gasteiger partial charge in [0.25, 0.3) is 6.01 Å². The maximum absolute atomic E-state index is 10.1. The number of halogens is 1. The van der Waals surface area contributed by atoms with Crippen molar-refractivity contribution in [3.8, 4) is 34.1 Å². The van der Waals surface area contributed by atoms with Crippen LogP contribution in [0.3, 0.4) is 0 Å². The zero-order valence-electron chi connectivity index (χ0n) is 19.5. The topological polar surface area (TPSA) is 131 Å². The molecule has 188 valence electrons. The van der Waals surface area contributed by atoms with Crippen molar-refractivity contribution in [2.45, 2.75) is 24.7 Å². The molecule has 1 aliphatic heterocycles. The van der Waals surface area contributed by atoms with E-state index in [1.54, 1.807) is 23.1 Å². The number of aliphatic hydroxyl groups excluding tert-OH is 2. The number of hydrogen-bond donors (Lipinski definition) is 3. The maximum atomic E-state index is 10.1. The fourth-order valence-electron chi connectivity index (χ4n) is 4.37. The molecule has 11 heteroatoms. The number of aliphatic hydroxyl groups is 2. The number of imidazole rings is 1. The highest BCUT2D eigenvalue weighted by Crippen LogP contribution is 2.31. The third-order valence-corrected chi connectivity index (χ3v) is 6.63. The van der Waals surface area contributed by atoms with E-state index in [4.69, 9.17) is 21.1 Å². The zero-order valence-corrected chi connectivity index (χ0v) is 20.3. The average Bonchev–Trinajstić information content (AvgIpc) is 3.59. The van der Waals surface area contributed by atoms with E-state index < -0.39 is 18.3 Å². The molecule has 0 radical (unpaired) electrons. The summed E-state index contributed by atoms with van der Waals surface area (Å²) in [7, 11) is 0. The number of aromatic nitrogens is 6. The van der Waals surface area contributed by atoms with Gasteiger partial charge in [0.2, 0.25) is 0 Å². The van der Waals surface area contributed by atoms with Gasteiger partial charge in [-0.15, -0.1) is 5.10 Å². The fraction of sp³-hybridized carbons (Fsp3) is 0.231. The lowest BCUT2D eigenvalue weighted by molar-refractivity contribution is -0.131. The predicted molar refractivity (Wildman–Crippen MR) is 137 cm³/mol. The Labute approximate surface area is 216 Å². The van der Waals surface area contributed by atoms with Crippen LogP contribution in [0, 0.1) is 0 Å². The molecule has 3 aromatic heterocycles. The van der Waals surface area contributed by atoms with Crippen LogP contribution in [-0.4, -0.2) is 71.7 Å². The number of benzene rings is 2. The summed E-state index contributed by atoms with van der Waals surface area (Å²) in [6, 6.07) is 18.1. The Kier molecular flexibility index (Phi) is 6.31. The van der Waals surface area contributed by atoms with Crippen molar-refractivity contribution in [1.29, 1.82) is 0 Å². The first-order valence-corrected chi connectivity index (χ1v) is 12.2. The fourth-order valence-corrected chi connectivity index (χ4v) is 4.63. The van der Waals surface area contributed by atoms with Crippen LogP contribution in [0.1, 0.15) is 6.42 Å². The van der Waals surface area contributed by atoms with E-state index in [-0.39, 0.29) is 19.2 Å². The second-order valence-corrected chi connectivity index (χ2v) is 9.21. The number of ether oxygens (including phenoxy) is 2. The summed E-state index contributed by atoms with van der Waals surface area (Å²) in [5, 5.41) is 27.6. The SMILES string of the molecule is OCC1OCC(Oc2nc3nc(-c4ccc(-c5ccc(-n6ccnn6)cc5)cc4)c(Cl)cc3[nH]2)CC1O. The molecule has 4 heterocycles. The number of fused-ring (bicyclic) bond motifs is 1. The molecule has 0 bridgehead atoms. The predicted octanol–water partition coefficient (Wildman–Crippen LogP) is 3.42. The number of H-pyrrole nitrogens is 1. The molecule has 10 nitrogen and oxygen atoms in total. The van der Waals surface area contributed by atoms with Crippen LogP contribution >= 0.6 is 11.6 Å². The van der Waals surface area contributed by atoms with Gasteiger partial charge in [0.05, 0.1) is 53.6 Å². The van der Waals surface area contributed by atoms with Gasteiger partial charge in [-0.05, 0) is 29.3 Å². The average molecular weight is 519 g/mol. The molecule has 1 saturated heterocycles. The van der Waals surface area contributed by atoms with E-state index in [0.717, 1.165) is 22.4 Å². The molecular weight excluding hydrogens is 496 g/mol. The van der Waals surface area contributed by atoms with Gasteiger partial charge in [0.1, 0.15) is 12.2 Å². The highest BCUT2D eigenvalue weighted by Gasteiger charge is 2.31. The first kappa shape index (κ1) is 23.6. The molecule has 0 spiro atoms. The second-order valence-electron chi connectivity index (χ2n) is 8.80. The third-order valence-electron chi connectivity index (χ3n) is 6.34. The van der Waals surface area contributed by atoms with E-state index in [9.17, 15) is 10.2 Å². The van der Waals surface area contributed by atoms with Gasteiger partial charge >= 0.3 is 0 Å². The van der Waals surface area contributed by atoms with E-state index in [2.05, 4.69) is 25.3 Å². The summed E-state index contributed by atoms with van der Waals surface area (Å²) in [4.78, 5) is 12.2. The minimum absolute atomic E-state index is 0.235. The van der Waals surface area contributed by atoms with E-state index in [1.165, 1.54) is 0 Å². The largest absolute Gasteiger partial charge is 0.459 e. The normalized spacial score (nSPS) is 19.8. The van der Waals surface area contributed by atoms with Crippen molar-refractivity contribution >= 4 is 22.8 Å². The quantitative estimate of drug-likeness (QED) is 0.311. The second kappa shape index (κ2) is 9.91. The minimum atomic E-state index is -0.804. The maximum Gasteiger partial charge on any atom is 0.296 e. The van der Waals surface area contributed by atoms with Gasteiger partial charge in [0.15, 0.2) is 5.65 Å². The number of pyridine rings is 1. The minimum Gasteiger partial charge on any atom is -0.459 e. The molecule has 6 rings (SSSR count).